The Morgan fingerprint density at radius 2 is 2.12 bits per heavy atom. The Labute approximate surface area is 94.5 Å². The number of carbonyl (C=O) groups is 1. The maximum absolute atomic E-state index is 10.7. The molecule has 0 saturated carbocycles. The van der Waals surface area contributed by atoms with E-state index in [2.05, 4.69) is 5.32 Å². The average Bonchev–Trinajstić information content (AvgIpc) is 2.81. The van der Waals surface area contributed by atoms with Crippen LogP contribution in [-0.2, 0) is 0 Å². The summed E-state index contributed by atoms with van der Waals surface area (Å²) < 4.78 is 0. The normalized spacial score (nSPS) is 21.9. The fourth-order valence-electron chi connectivity index (χ4n) is 2.10. The number of rotatable bonds is 3. The lowest BCUT2D eigenvalue weighted by molar-refractivity contribution is 0.0697. The molecule has 0 aromatic heterocycles. The van der Waals surface area contributed by atoms with E-state index in [-0.39, 0.29) is 6.04 Å². The third-order valence-corrected chi connectivity index (χ3v) is 3.15. The monoisotopic (exact) mass is 220 g/mol. The van der Waals surface area contributed by atoms with Crippen molar-refractivity contribution in [2.75, 3.05) is 13.1 Å². The highest BCUT2D eigenvalue weighted by molar-refractivity contribution is 5.87. The van der Waals surface area contributed by atoms with Crippen molar-refractivity contribution < 1.29 is 9.90 Å². The molecule has 86 valence electrons. The van der Waals surface area contributed by atoms with Crippen molar-refractivity contribution in [1.29, 1.82) is 0 Å². The molecule has 16 heavy (non-hydrogen) atoms. The molecule has 0 radical (unpaired) electrons. The van der Waals surface area contributed by atoms with Crippen LogP contribution < -0.4 is 11.1 Å². The first-order valence-electron chi connectivity index (χ1n) is 5.48. The highest BCUT2D eigenvalue weighted by Gasteiger charge is 2.22. The van der Waals surface area contributed by atoms with Crippen molar-refractivity contribution in [2.24, 2.45) is 11.7 Å². The van der Waals surface area contributed by atoms with Crippen LogP contribution in [0.3, 0.4) is 0 Å². The summed E-state index contributed by atoms with van der Waals surface area (Å²) in [6.07, 6.45) is 1.09. The zero-order valence-electron chi connectivity index (χ0n) is 9.02. The molecule has 1 aliphatic heterocycles. The minimum atomic E-state index is -0.900. The fraction of sp³-hybridized carbons (Fsp3) is 0.417. The Bertz CT molecular complexity index is 369. The number of carboxylic acids is 1. The maximum atomic E-state index is 10.7. The topological polar surface area (TPSA) is 75.4 Å². The van der Waals surface area contributed by atoms with Crippen molar-refractivity contribution in [2.45, 2.75) is 12.5 Å². The largest absolute Gasteiger partial charge is 0.478 e. The van der Waals surface area contributed by atoms with E-state index in [4.69, 9.17) is 10.8 Å². The molecule has 2 unspecified atom stereocenters. The molecule has 0 amide bonds. The van der Waals surface area contributed by atoms with Gasteiger partial charge < -0.3 is 16.2 Å². The molecule has 1 aliphatic rings. The van der Waals surface area contributed by atoms with Crippen LogP contribution in [0.4, 0.5) is 0 Å². The number of aromatic carboxylic acids is 1. The molecule has 0 aliphatic carbocycles. The standard InChI is InChI=1S/C12H16N2O2/c13-11(10-5-6-14-7-10)8-1-3-9(4-2-8)12(15)16/h1-4,10-11,14H,5-7,13H2,(H,15,16). The minimum Gasteiger partial charge on any atom is -0.478 e. The quantitative estimate of drug-likeness (QED) is 0.710. The Morgan fingerprint density at radius 1 is 1.44 bits per heavy atom. The smallest absolute Gasteiger partial charge is 0.335 e. The Kier molecular flexibility index (Phi) is 3.22. The van der Waals surface area contributed by atoms with E-state index in [1.165, 1.54) is 0 Å². The summed E-state index contributed by atoms with van der Waals surface area (Å²) in [7, 11) is 0. The Morgan fingerprint density at radius 3 is 2.62 bits per heavy atom. The van der Waals surface area contributed by atoms with E-state index in [9.17, 15) is 4.79 Å². The van der Waals surface area contributed by atoms with Gasteiger partial charge in [-0.1, -0.05) is 12.1 Å². The summed E-state index contributed by atoms with van der Waals surface area (Å²) >= 11 is 0. The minimum absolute atomic E-state index is 0.00200. The molecule has 1 heterocycles. The number of nitrogens with one attached hydrogen (secondary N) is 1. The summed E-state index contributed by atoms with van der Waals surface area (Å²) in [6.45, 7) is 1.97. The molecule has 1 fully saturated rings. The van der Waals surface area contributed by atoms with Gasteiger partial charge in [-0.05, 0) is 43.1 Å². The summed E-state index contributed by atoms with van der Waals surface area (Å²) in [5.41, 5.74) is 7.46. The van der Waals surface area contributed by atoms with Gasteiger partial charge in [-0.3, -0.25) is 0 Å². The van der Waals surface area contributed by atoms with Gasteiger partial charge in [0.25, 0.3) is 0 Å². The zero-order valence-corrected chi connectivity index (χ0v) is 9.02. The summed E-state index contributed by atoms with van der Waals surface area (Å²) in [5, 5.41) is 12.1. The van der Waals surface area contributed by atoms with E-state index in [1.54, 1.807) is 12.1 Å². The fourth-order valence-corrected chi connectivity index (χ4v) is 2.10. The first kappa shape index (κ1) is 11.1. The van der Waals surface area contributed by atoms with Crippen LogP contribution in [0.2, 0.25) is 0 Å². The van der Waals surface area contributed by atoms with Crippen LogP contribution in [0.5, 0.6) is 0 Å². The van der Waals surface area contributed by atoms with E-state index >= 15 is 0 Å². The van der Waals surface area contributed by atoms with E-state index in [1.807, 2.05) is 12.1 Å². The number of benzene rings is 1. The molecular formula is C12H16N2O2. The van der Waals surface area contributed by atoms with Gasteiger partial charge in [-0.15, -0.1) is 0 Å². The van der Waals surface area contributed by atoms with Crippen LogP contribution in [0, 0.1) is 5.92 Å². The Hall–Kier alpha value is -1.39. The molecule has 2 atom stereocenters. The second kappa shape index (κ2) is 4.63. The van der Waals surface area contributed by atoms with E-state index in [0.29, 0.717) is 11.5 Å². The molecule has 2 rings (SSSR count). The third-order valence-electron chi connectivity index (χ3n) is 3.15. The second-order valence-corrected chi connectivity index (χ2v) is 4.21. The average molecular weight is 220 g/mol. The van der Waals surface area contributed by atoms with Gasteiger partial charge in [-0.25, -0.2) is 4.79 Å². The first-order chi connectivity index (χ1) is 7.68. The Balaban J connectivity index is 2.11. The molecule has 4 nitrogen and oxygen atoms in total. The summed E-state index contributed by atoms with van der Waals surface area (Å²) in [5.74, 6) is -0.446. The van der Waals surface area contributed by atoms with E-state index in [0.717, 1.165) is 25.1 Å². The van der Waals surface area contributed by atoms with E-state index < -0.39 is 5.97 Å². The summed E-state index contributed by atoms with van der Waals surface area (Å²) in [6, 6.07) is 6.84. The number of carboxylic acid groups (broad SMARTS) is 1. The van der Waals surface area contributed by atoms with Gasteiger partial charge in [0.05, 0.1) is 5.56 Å². The highest BCUT2D eigenvalue weighted by Crippen LogP contribution is 2.24. The summed E-state index contributed by atoms with van der Waals surface area (Å²) in [4.78, 5) is 10.7. The van der Waals surface area contributed by atoms with Crippen LogP contribution in [0.1, 0.15) is 28.4 Å². The first-order valence-corrected chi connectivity index (χ1v) is 5.48. The third kappa shape index (κ3) is 2.23. The van der Waals surface area contributed by atoms with Gasteiger partial charge >= 0.3 is 5.97 Å². The molecule has 4 heteroatoms. The predicted molar refractivity (Wildman–Crippen MR) is 61.3 cm³/mol. The highest BCUT2D eigenvalue weighted by atomic mass is 16.4. The van der Waals surface area contributed by atoms with Crippen molar-refractivity contribution in [3.05, 3.63) is 35.4 Å². The van der Waals surface area contributed by atoms with Crippen molar-refractivity contribution >= 4 is 5.97 Å². The predicted octanol–water partition coefficient (Wildman–Crippen LogP) is 0.994. The molecular weight excluding hydrogens is 204 g/mol. The molecule has 1 aromatic carbocycles. The van der Waals surface area contributed by atoms with Crippen molar-refractivity contribution in [1.82, 2.24) is 5.32 Å². The molecule has 1 saturated heterocycles. The molecule has 4 N–H and O–H groups in total. The van der Waals surface area contributed by atoms with Crippen LogP contribution in [-0.4, -0.2) is 24.2 Å². The van der Waals surface area contributed by atoms with Gasteiger partial charge in [0, 0.05) is 6.04 Å². The molecule has 1 aromatic rings. The van der Waals surface area contributed by atoms with Gasteiger partial charge in [0.2, 0.25) is 0 Å². The zero-order chi connectivity index (χ0) is 11.5. The second-order valence-electron chi connectivity index (χ2n) is 4.21. The molecule has 0 bridgehead atoms. The number of nitrogens with two attached hydrogens (primary N) is 1. The van der Waals surface area contributed by atoms with Crippen molar-refractivity contribution in [3.8, 4) is 0 Å². The number of hydrogen-bond acceptors (Lipinski definition) is 3. The lowest BCUT2D eigenvalue weighted by Crippen LogP contribution is -2.23. The maximum Gasteiger partial charge on any atom is 0.335 e. The number of hydrogen-bond donors (Lipinski definition) is 3. The van der Waals surface area contributed by atoms with Crippen LogP contribution in [0.25, 0.3) is 0 Å². The van der Waals surface area contributed by atoms with Crippen LogP contribution >= 0.6 is 0 Å². The van der Waals surface area contributed by atoms with Gasteiger partial charge in [0.15, 0.2) is 0 Å². The van der Waals surface area contributed by atoms with Crippen LogP contribution in [0.15, 0.2) is 24.3 Å². The van der Waals surface area contributed by atoms with Gasteiger partial charge in [0.1, 0.15) is 0 Å². The lowest BCUT2D eigenvalue weighted by atomic mass is 9.92. The SMILES string of the molecule is NC(c1ccc(C(=O)O)cc1)C1CCNC1. The van der Waals surface area contributed by atoms with Gasteiger partial charge in [-0.2, -0.15) is 0 Å². The lowest BCUT2D eigenvalue weighted by Gasteiger charge is -2.18. The van der Waals surface area contributed by atoms with Crippen molar-refractivity contribution in [3.63, 3.8) is 0 Å². The molecule has 0 spiro atoms.